The van der Waals surface area contributed by atoms with Gasteiger partial charge in [0.15, 0.2) is 0 Å². The van der Waals surface area contributed by atoms with Gasteiger partial charge in [-0.05, 0) is 25.7 Å². The molecular weight excluding hydrogens is 218 g/mol. The van der Waals surface area contributed by atoms with Crippen molar-refractivity contribution in [1.29, 1.82) is 0 Å². The average Bonchev–Trinajstić information content (AvgIpc) is 2.51. The predicted molar refractivity (Wildman–Crippen MR) is 63.2 cm³/mol. The molecule has 2 aliphatic rings. The lowest BCUT2D eigenvalue weighted by atomic mass is 9.84. The SMILES string of the molecule is O=C1CCCCC(=O)N1C1CCCCC1CO. The Kier molecular flexibility index (Phi) is 4.15. The smallest absolute Gasteiger partial charge is 0.229 e. The van der Waals surface area contributed by atoms with Crippen molar-refractivity contribution in [3.63, 3.8) is 0 Å². The van der Waals surface area contributed by atoms with Gasteiger partial charge in [-0.25, -0.2) is 0 Å². The molecule has 2 rings (SSSR count). The third kappa shape index (κ3) is 2.68. The molecule has 0 spiro atoms. The molecule has 0 aromatic rings. The fraction of sp³-hybridized carbons (Fsp3) is 0.846. The van der Waals surface area contributed by atoms with Crippen LogP contribution in [0.25, 0.3) is 0 Å². The van der Waals surface area contributed by atoms with Gasteiger partial charge in [0.1, 0.15) is 0 Å². The Labute approximate surface area is 102 Å². The summed E-state index contributed by atoms with van der Waals surface area (Å²) in [6.07, 6.45) is 6.55. The standard InChI is InChI=1S/C13H21NO3/c15-9-10-5-1-2-6-11(10)14-12(16)7-3-4-8-13(14)17/h10-11,15H,1-9H2. The molecule has 2 unspecified atom stereocenters. The molecule has 1 heterocycles. The number of carbonyl (C=O) groups excluding carboxylic acids is 2. The lowest BCUT2D eigenvalue weighted by Crippen LogP contribution is -2.49. The van der Waals surface area contributed by atoms with Gasteiger partial charge >= 0.3 is 0 Å². The van der Waals surface area contributed by atoms with Gasteiger partial charge in [0, 0.05) is 31.4 Å². The molecule has 1 N–H and O–H groups in total. The van der Waals surface area contributed by atoms with Crippen LogP contribution in [0, 0.1) is 5.92 Å². The van der Waals surface area contributed by atoms with Gasteiger partial charge in [-0.1, -0.05) is 12.8 Å². The van der Waals surface area contributed by atoms with Crippen molar-refractivity contribution in [3.8, 4) is 0 Å². The molecule has 1 aliphatic heterocycles. The molecule has 1 saturated heterocycles. The third-order valence-corrected chi connectivity index (χ3v) is 4.00. The van der Waals surface area contributed by atoms with Gasteiger partial charge in [-0.2, -0.15) is 0 Å². The van der Waals surface area contributed by atoms with E-state index in [0.29, 0.717) is 12.8 Å². The van der Waals surface area contributed by atoms with Gasteiger partial charge < -0.3 is 5.11 Å². The van der Waals surface area contributed by atoms with Crippen LogP contribution in [0.5, 0.6) is 0 Å². The normalized spacial score (nSPS) is 31.5. The van der Waals surface area contributed by atoms with Crippen molar-refractivity contribution in [2.75, 3.05) is 6.61 Å². The second-order valence-corrected chi connectivity index (χ2v) is 5.16. The first-order valence-electron chi connectivity index (χ1n) is 6.70. The van der Waals surface area contributed by atoms with Gasteiger partial charge in [-0.3, -0.25) is 14.5 Å². The molecule has 2 fully saturated rings. The van der Waals surface area contributed by atoms with Crippen molar-refractivity contribution in [2.24, 2.45) is 5.92 Å². The number of nitrogens with zero attached hydrogens (tertiary/aromatic N) is 1. The monoisotopic (exact) mass is 239 g/mol. The molecular formula is C13H21NO3. The number of hydrogen-bond acceptors (Lipinski definition) is 3. The summed E-state index contributed by atoms with van der Waals surface area (Å²) < 4.78 is 0. The fourth-order valence-electron chi connectivity index (χ4n) is 3.04. The van der Waals surface area contributed by atoms with E-state index in [9.17, 15) is 14.7 Å². The minimum absolute atomic E-state index is 0.0298. The van der Waals surface area contributed by atoms with Gasteiger partial charge in [0.25, 0.3) is 0 Å². The third-order valence-electron chi connectivity index (χ3n) is 4.00. The highest BCUT2D eigenvalue weighted by Crippen LogP contribution is 2.30. The minimum atomic E-state index is -0.0492. The molecule has 2 amide bonds. The summed E-state index contributed by atoms with van der Waals surface area (Å²) >= 11 is 0. The summed E-state index contributed by atoms with van der Waals surface area (Å²) in [5, 5.41) is 9.39. The van der Waals surface area contributed by atoms with Crippen LogP contribution < -0.4 is 0 Å². The van der Waals surface area contributed by atoms with Crippen molar-refractivity contribution < 1.29 is 14.7 Å². The molecule has 2 atom stereocenters. The first kappa shape index (κ1) is 12.6. The molecule has 4 nitrogen and oxygen atoms in total. The van der Waals surface area contributed by atoms with Crippen LogP contribution in [-0.4, -0.2) is 34.5 Å². The van der Waals surface area contributed by atoms with Crippen LogP contribution in [-0.2, 0) is 9.59 Å². The summed E-state index contributed by atoms with van der Waals surface area (Å²) in [6, 6.07) is -0.0492. The van der Waals surface area contributed by atoms with E-state index in [1.807, 2.05) is 0 Å². The lowest BCUT2D eigenvalue weighted by Gasteiger charge is -2.37. The quantitative estimate of drug-likeness (QED) is 0.742. The summed E-state index contributed by atoms with van der Waals surface area (Å²) in [5.41, 5.74) is 0. The highest BCUT2D eigenvalue weighted by atomic mass is 16.3. The Balaban J connectivity index is 2.15. The highest BCUT2D eigenvalue weighted by Gasteiger charge is 2.36. The average molecular weight is 239 g/mol. The predicted octanol–water partition coefficient (Wildman–Crippen LogP) is 1.47. The highest BCUT2D eigenvalue weighted by molar-refractivity contribution is 5.96. The van der Waals surface area contributed by atoms with Crippen molar-refractivity contribution in [2.45, 2.75) is 57.4 Å². The first-order valence-corrected chi connectivity index (χ1v) is 6.70. The van der Waals surface area contributed by atoms with E-state index in [1.54, 1.807) is 0 Å². The number of carbonyl (C=O) groups is 2. The van der Waals surface area contributed by atoms with Crippen molar-refractivity contribution in [1.82, 2.24) is 4.90 Å². The molecule has 4 heteroatoms. The minimum Gasteiger partial charge on any atom is -0.396 e. The largest absolute Gasteiger partial charge is 0.396 e. The number of hydrogen-bond donors (Lipinski definition) is 1. The van der Waals surface area contributed by atoms with E-state index >= 15 is 0 Å². The van der Waals surface area contributed by atoms with Crippen LogP contribution >= 0.6 is 0 Å². The molecule has 17 heavy (non-hydrogen) atoms. The van der Waals surface area contributed by atoms with E-state index in [0.717, 1.165) is 38.5 Å². The van der Waals surface area contributed by atoms with Crippen molar-refractivity contribution in [3.05, 3.63) is 0 Å². The zero-order chi connectivity index (χ0) is 12.3. The van der Waals surface area contributed by atoms with Gasteiger partial charge in [0.2, 0.25) is 11.8 Å². The number of rotatable bonds is 2. The second-order valence-electron chi connectivity index (χ2n) is 5.16. The molecule has 0 bridgehead atoms. The van der Waals surface area contributed by atoms with Gasteiger partial charge in [0.05, 0.1) is 0 Å². The summed E-state index contributed by atoms with van der Waals surface area (Å²) in [7, 11) is 0. The Morgan fingerprint density at radius 3 is 2.18 bits per heavy atom. The molecule has 1 aliphatic carbocycles. The van der Waals surface area contributed by atoms with E-state index in [4.69, 9.17) is 0 Å². The van der Waals surface area contributed by atoms with Crippen LogP contribution in [0.15, 0.2) is 0 Å². The summed E-state index contributed by atoms with van der Waals surface area (Å²) in [5.74, 6) is 0.0328. The number of likely N-dealkylation sites (tertiary alicyclic amines) is 1. The van der Waals surface area contributed by atoms with Crippen LogP contribution in [0.2, 0.25) is 0 Å². The Hall–Kier alpha value is -0.900. The Morgan fingerprint density at radius 1 is 1.00 bits per heavy atom. The fourth-order valence-corrected chi connectivity index (χ4v) is 3.04. The van der Waals surface area contributed by atoms with E-state index in [2.05, 4.69) is 0 Å². The molecule has 1 saturated carbocycles. The maximum absolute atomic E-state index is 12.0. The Morgan fingerprint density at radius 2 is 1.59 bits per heavy atom. The van der Waals surface area contributed by atoms with E-state index in [-0.39, 0.29) is 30.4 Å². The lowest BCUT2D eigenvalue weighted by molar-refractivity contribution is -0.149. The summed E-state index contributed by atoms with van der Waals surface area (Å²) in [4.78, 5) is 25.5. The zero-order valence-corrected chi connectivity index (χ0v) is 10.2. The number of imide groups is 1. The molecule has 96 valence electrons. The maximum Gasteiger partial charge on any atom is 0.229 e. The van der Waals surface area contributed by atoms with Crippen molar-refractivity contribution >= 4 is 11.8 Å². The van der Waals surface area contributed by atoms with Crippen LogP contribution in [0.4, 0.5) is 0 Å². The molecule has 0 aromatic heterocycles. The Bertz CT molecular complexity index is 285. The van der Waals surface area contributed by atoms with Gasteiger partial charge in [-0.15, -0.1) is 0 Å². The van der Waals surface area contributed by atoms with E-state index in [1.165, 1.54) is 4.90 Å². The summed E-state index contributed by atoms with van der Waals surface area (Å²) in [6.45, 7) is 0.0850. The van der Waals surface area contributed by atoms with Crippen LogP contribution in [0.1, 0.15) is 51.4 Å². The molecule has 0 aromatic carbocycles. The number of amides is 2. The number of aliphatic hydroxyl groups is 1. The maximum atomic E-state index is 12.0. The molecule has 0 radical (unpaired) electrons. The van der Waals surface area contributed by atoms with Crippen LogP contribution in [0.3, 0.4) is 0 Å². The number of aliphatic hydroxyl groups excluding tert-OH is 1. The van der Waals surface area contributed by atoms with E-state index < -0.39 is 0 Å². The topological polar surface area (TPSA) is 57.6 Å². The second kappa shape index (κ2) is 5.63. The zero-order valence-electron chi connectivity index (χ0n) is 10.2. The first-order chi connectivity index (χ1) is 8.24.